The third-order valence-corrected chi connectivity index (χ3v) is 2.63. The van der Waals surface area contributed by atoms with Gasteiger partial charge in [0.1, 0.15) is 5.76 Å². The fourth-order valence-electron chi connectivity index (χ4n) is 1.67. The van der Waals surface area contributed by atoms with Crippen LogP contribution in [0, 0.1) is 6.92 Å². The van der Waals surface area contributed by atoms with E-state index < -0.39 is 5.92 Å². The number of nitrogens with zero attached hydrogens (tertiary/aromatic N) is 2. The van der Waals surface area contributed by atoms with Crippen molar-refractivity contribution in [2.24, 2.45) is 0 Å². The van der Waals surface area contributed by atoms with Gasteiger partial charge in [-0.25, -0.2) is 8.78 Å². The molecule has 2 heterocycles. The third-order valence-electron chi connectivity index (χ3n) is 2.63. The first-order valence-electron chi connectivity index (χ1n) is 5.08. The highest BCUT2D eigenvalue weighted by atomic mass is 19.3. The smallest absolute Gasteiger partial charge is 0.276 e. The van der Waals surface area contributed by atoms with Crippen LogP contribution >= 0.6 is 0 Å². The third kappa shape index (κ3) is 2.20. The summed E-state index contributed by atoms with van der Waals surface area (Å²) in [7, 11) is 0. The number of carbonyl (C=O) groups is 1. The molecule has 6 heteroatoms. The van der Waals surface area contributed by atoms with Crippen molar-refractivity contribution in [3.8, 4) is 0 Å². The maximum Gasteiger partial charge on any atom is 0.276 e. The normalized spacial score (nSPS) is 19.8. The first-order valence-corrected chi connectivity index (χ1v) is 5.08. The lowest BCUT2D eigenvalue weighted by Gasteiger charge is -2.31. The van der Waals surface area contributed by atoms with Crippen LogP contribution < -0.4 is 0 Å². The molecule has 2 rings (SSSR count). The molecule has 0 unspecified atom stereocenters. The number of rotatable bonds is 1. The summed E-state index contributed by atoms with van der Waals surface area (Å²) in [5.74, 6) is -2.45. The van der Waals surface area contributed by atoms with Gasteiger partial charge < -0.3 is 9.42 Å². The van der Waals surface area contributed by atoms with Crippen molar-refractivity contribution in [2.45, 2.75) is 25.7 Å². The molecule has 1 aliphatic rings. The van der Waals surface area contributed by atoms with E-state index in [-0.39, 0.29) is 37.5 Å². The summed E-state index contributed by atoms with van der Waals surface area (Å²) in [6.07, 6.45) is -0.564. The fraction of sp³-hybridized carbons (Fsp3) is 0.600. The SMILES string of the molecule is Cc1cc(C(=O)N2CCC(F)(F)CC2)no1. The van der Waals surface area contributed by atoms with E-state index in [0.29, 0.717) is 5.76 Å². The zero-order chi connectivity index (χ0) is 11.8. The Hall–Kier alpha value is -1.46. The van der Waals surface area contributed by atoms with Gasteiger partial charge in [0.05, 0.1) is 0 Å². The Bertz CT molecular complexity index is 393. The monoisotopic (exact) mass is 230 g/mol. The van der Waals surface area contributed by atoms with Crippen LogP contribution in [0.25, 0.3) is 0 Å². The summed E-state index contributed by atoms with van der Waals surface area (Å²) < 4.78 is 30.5. The van der Waals surface area contributed by atoms with E-state index in [0.717, 1.165) is 0 Å². The minimum atomic E-state index is -2.64. The van der Waals surface area contributed by atoms with Gasteiger partial charge in [0, 0.05) is 32.0 Å². The molecule has 0 atom stereocenters. The molecule has 0 saturated carbocycles. The van der Waals surface area contributed by atoms with Crippen molar-refractivity contribution in [2.75, 3.05) is 13.1 Å². The predicted octanol–water partition coefficient (Wildman–Crippen LogP) is 1.85. The second kappa shape index (κ2) is 3.84. The number of alkyl halides is 2. The Kier molecular flexibility index (Phi) is 2.65. The van der Waals surface area contributed by atoms with Gasteiger partial charge in [-0.2, -0.15) is 0 Å². The lowest BCUT2D eigenvalue weighted by Crippen LogP contribution is -2.42. The molecule has 16 heavy (non-hydrogen) atoms. The molecule has 88 valence electrons. The summed E-state index contributed by atoms with van der Waals surface area (Å²) in [6.45, 7) is 1.81. The number of likely N-dealkylation sites (tertiary alicyclic amines) is 1. The van der Waals surface area contributed by atoms with Gasteiger partial charge in [0.15, 0.2) is 5.69 Å². The number of hydrogen-bond acceptors (Lipinski definition) is 3. The van der Waals surface area contributed by atoms with Crippen LogP contribution in [0.2, 0.25) is 0 Å². The Morgan fingerprint density at radius 3 is 2.62 bits per heavy atom. The number of carbonyl (C=O) groups excluding carboxylic acids is 1. The lowest BCUT2D eigenvalue weighted by molar-refractivity contribution is -0.0495. The molecule has 1 aromatic rings. The first kappa shape index (κ1) is 11.0. The van der Waals surface area contributed by atoms with Crippen LogP contribution in [0.15, 0.2) is 10.6 Å². The number of aryl methyl sites for hydroxylation is 1. The second-order valence-corrected chi connectivity index (χ2v) is 3.97. The molecule has 1 aromatic heterocycles. The predicted molar refractivity (Wildman–Crippen MR) is 51.3 cm³/mol. The number of amides is 1. The molecule has 1 aliphatic heterocycles. The maximum atomic E-state index is 12.9. The molecule has 1 saturated heterocycles. The van der Waals surface area contributed by atoms with Crippen LogP contribution in [0.5, 0.6) is 0 Å². The summed E-state index contributed by atoms with van der Waals surface area (Å²) >= 11 is 0. The van der Waals surface area contributed by atoms with E-state index in [1.165, 1.54) is 11.0 Å². The fourth-order valence-corrected chi connectivity index (χ4v) is 1.67. The van der Waals surface area contributed by atoms with Gasteiger partial charge in [0.25, 0.3) is 11.8 Å². The molecule has 0 spiro atoms. The number of piperidine rings is 1. The summed E-state index contributed by atoms with van der Waals surface area (Å²) in [4.78, 5) is 13.2. The Balaban J connectivity index is 2.02. The second-order valence-electron chi connectivity index (χ2n) is 3.97. The van der Waals surface area contributed by atoms with Crippen molar-refractivity contribution >= 4 is 5.91 Å². The molecule has 0 radical (unpaired) electrons. The van der Waals surface area contributed by atoms with E-state index in [4.69, 9.17) is 4.52 Å². The lowest BCUT2D eigenvalue weighted by atomic mass is 10.1. The average molecular weight is 230 g/mol. The molecule has 1 fully saturated rings. The van der Waals surface area contributed by atoms with Crippen LogP contribution in [0.3, 0.4) is 0 Å². The molecule has 0 aromatic carbocycles. The van der Waals surface area contributed by atoms with Gasteiger partial charge in [-0.3, -0.25) is 4.79 Å². The molecule has 0 N–H and O–H groups in total. The molecular weight excluding hydrogens is 218 g/mol. The molecule has 0 bridgehead atoms. The minimum Gasteiger partial charge on any atom is -0.361 e. The van der Waals surface area contributed by atoms with Gasteiger partial charge in [-0.1, -0.05) is 5.16 Å². The van der Waals surface area contributed by atoms with Gasteiger partial charge in [-0.05, 0) is 6.92 Å². The molecule has 1 amide bonds. The Morgan fingerprint density at radius 2 is 2.12 bits per heavy atom. The molecule has 4 nitrogen and oxygen atoms in total. The number of aromatic nitrogens is 1. The highest BCUT2D eigenvalue weighted by molar-refractivity contribution is 5.92. The Labute approximate surface area is 91.2 Å². The average Bonchev–Trinajstić information content (AvgIpc) is 2.64. The largest absolute Gasteiger partial charge is 0.361 e. The standard InChI is InChI=1S/C10H12F2N2O2/c1-7-6-8(13-16-7)9(15)14-4-2-10(11,12)3-5-14/h6H,2-5H2,1H3. The minimum absolute atomic E-state index is 0.0672. The van der Waals surface area contributed by atoms with E-state index >= 15 is 0 Å². The number of halogens is 2. The van der Waals surface area contributed by atoms with Crippen LogP contribution in [-0.2, 0) is 0 Å². The van der Waals surface area contributed by atoms with Crippen molar-refractivity contribution < 1.29 is 18.1 Å². The van der Waals surface area contributed by atoms with Crippen LogP contribution in [-0.4, -0.2) is 35.0 Å². The van der Waals surface area contributed by atoms with Crippen molar-refractivity contribution in [1.82, 2.24) is 10.1 Å². The van der Waals surface area contributed by atoms with Crippen molar-refractivity contribution in [1.29, 1.82) is 0 Å². The van der Waals surface area contributed by atoms with E-state index in [2.05, 4.69) is 5.16 Å². The highest BCUT2D eigenvalue weighted by Crippen LogP contribution is 2.28. The maximum absolute atomic E-state index is 12.9. The Morgan fingerprint density at radius 1 is 1.50 bits per heavy atom. The van der Waals surface area contributed by atoms with E-state index in [1.54, 1.807) is 6.92 Å². The number of hydrogen-bond donors (Lipinski definition) is 0. The van der Waals surface area contributed by atoms with Gasteiger partial charge in [-0.15, -0.1) is 0 Å². The molecule has 0 aliphatic carbocycles. The quantitative estimate of drug-likeness (QED) is 0.739. The zero-order valence-corrected chi connectivity index (χ0v) is 8.87. The van der Waals surface area contributed by atoms with Crippen LogP contribution in [0.1, 0.15) is 29.1 Å². The molecular formula is C10H12F2N2O2. The van der Waals surface area contributed by atoms with Crippen LogP contribution in [0.4, 0.5) is 8.78 Å². The first-order chi connectivity index (χ1) is 7.48. The summed E-state index contributed by atoms with van der Waals surface area (Å²) in [5.41, 5.74) is 0.183. The van der Waals surface area contributed by atoms with Crippen molar-refractivity contribution in [3.63, 3.8) is 0 Å². The highest BCUT2D eigenvalue weighted by Gasteiger charge is 2.36. The van der Waals surface area contributed by atoms with E-state index in [9.17, 15) is 13.6 Å². The topological polar surface area (TPSA) is 46.3 Å². The van der Waals surface area contributed by atoms with Crippen molar-refractivity contribution in [3.05, 3.63) is 17.5 Å². The van der Waals surface area contributed by atoms with Gasteiger partial charge in [0.2, 0.25) is 0 Å². The van der Waals surface area contributed by atoms with Gasteiger partial charge >= 0.3 is 0 Å². The van der Waals surface area contributed by atoms with E-state index in [1.807, 2.05) is 0 Å². The summed E-state index contributed by atoms with van der Waals surface area (Å²) in [5, 5.41) is 3.57. The summed E-state index contributed by atoms with van der Waals surface area (Å²) in [6, 6.07) is 1.51. The zero-order valence-electron chi connectivity index (χ0n) is 8.87.